The molecule has 80 valence electrons. The minimum absolute atomic E-state index is 0.294. The Kier molecular flexibility index (Phi) is 5.57. The zero-order chi connectivity index (χ0) is 11.3. The maximum Gasteiger partial charge on any atom is 0.251 e. The summed E-state index contributed by atoms with van der Waals surface area (Å²) in [7, 11) is 0. The van der Waals surface area contributed by atoms with Gasteiger partial charge in [-0.3, -0.25) is 9.69 Å². The first-order valence-corrected chi connectivity index (χ1v) is 4.92. The summed E-state index contributed by atoms with van der Waals surface area (Å²) in [5.74, 6) is -0.294. The third-order valence-electron chi connectivity index (χ3n) is 2.00. The highest BCUT2D eigenvalue weighted by Gasteiger charge is 2.25. The van der Waals surface area contributed by atoms with Crippen molar-refractivity contribution in [2.75, 3.05) is 0 Å². The number of hydrogen-bond acceptors (Lipinski definition) is 3. The van der Waals surface area contributed by atoms with Gasteiger partial charge in [0, 0.05) is 0 Å². The van der Waals surface area contributed by atoms with E-state index < -0.39 is 6.10 Å². The average molecular weight is 215 g/mol. The van der Waals surface area contributed by atoms with Gasteiger partial charge in [0.05, 0.1) is 17.2 Å². The summed E-state index contributed by atoms with van der Waals surface area (Å²) in [6.45, 7) is 10.5. The summed E-state index contributed by atoms with van der Waals surface area (Å²) in [6.07, 6.45) is 1.20. The normalized spacial score (nSPS) is 14.3. The molecule has 1 N–H and O–H groups in total. The van der Waals surface area contributed by atoms with Crippen LogP contribution in [0.25, 0.3) is 0 Å². The highest BCUT2D eigenvalue weighted by Crippen LogP contribution is 2.17. The Morgan fingerprint density at radius 3 is 2.43 bits per heavy atom. The summed E-state index contributed by atoms with van der Waals surface area (Å²) in [6, 6.07) is -0.300. The zero-order valence-corrected chi connectivity index (χ0v) is 9.50. The Balaban J connectivity index is 4.87. The molecule has 1 amide bonds. The molecule has 0 rings (SSSR count). The molecule has 0 saturated carbocycles. The minimum Gasteiger partial charge on any atom is -0.391 e. The van der Waals surface area contributed by atoms with Gasteiger partial charge in [0.2, 0.25) is 0 Å². The Bertz CT molecular complexity index is 238. The summed E-state index contributed by atoms with van der Waals surface area (Å²) in [5, 5.41) is 9.79. The van der Waals surface area contributed by atoms with Gasteiger partial charge in [0.1, 0.15) is 0 Å². The van der Waals surface area contributed by atoms with E-state index in [2.05, 4.69) is 25.8 Å². The fourth-order valence-electron chi connectivity index (χ4n) is 1.32. The fourth-order valence-corrected chi connectivity index (χ4v) is 1.57. The number of thiol groups is 1. The van der Waals surface area contributed by atoms with Crippen molar-refractivity contribution in [3.63, 3.8) is 0 Å². The molecule has 0 radical (unpaired) electrons. The lowest BCUT2D eigenvalue weighted by Crippen LogP contribution is -2.43. The van der Waals surface area contributed by atoms with Gasteiger partial charge in [-0.25, -0.2) is 0 Å². The molecular weight excluding hydrogens is 198 g/mol. The molecule has 0 aromatic carbocycles. The number of aliphatic hydroxyl groups excluding tert-OH is 1. The molecule has 0 aromatic rings. The van der Waals surface area contributed by atoms with Crippen LogP contribution in [0.5, 0.6) is 0 Å². The molecule has 0 fully saturated rings. The molecule has 0 heterocycles. The van der Waals surface area contributed by atoms with Crippen LogP contribution in [0, 0.1) is 0 Å². The number of nitrogens with zero attached hydrogens (tertiary/aromatic N) is 1. The smallest absolute Gasteiger partial charge is 0.251 e. The van der Waals surface area contributed by atoms with Crippen molar-refractivity contribution in [2.45, 2.75) is 32.4 Å². The number of amides is 1. The summed E-state index contributed by atoms with van der Waals surface area (Å²) < 4.78 is 0. The van der Waals surface area contributed by atoms with Crippen molar-refractivity contribution >= 4 is 18.5 Å². The lowest BCUT2D eigenvalue weighted by molar-refractivity contribution is -0.127. The number of carbonyl (C=O) groups excluding carboxylic acids is 1. The van der Waals surface area contributed by atoms with Crippen molar-refractivity contribution in [1.29, 1.82) is 0 Å². The third kappa shape index (κ3) is 3.20. The van der Waals surface area contributed by atoms with Crippen LogP contribution in [0.2, 0.25) is 0 Å². The van der Waals surface area contributed by atoms with Crippen molar-refractivity contribution in [3.05, 3.63) is 24.3 Å². The van der Waals surface area contributed by atoms with E-state index in [1.54, 1.807) is 6.92 Å². The molecule has 14 heavy (non-hydrogen) atoms. The highest BCUT2D eigenvalue weighted by molar-refractivity contribution is 7.84. The van der Waals surface area contributed by atoms with E-state index in [0.717, 1.165) is 0 Å². The quantitative estimate of drug-likeness (QED) is 0.540. The predicted octanol–water partition coefficient (Wildman–Crippen LogP) is 1.56. The lowest BCUT2D eigenvalue weighted by atomic mass is 10.1. The molecule has 4 heteroatoms. The van der Waals surface area contributed by atoms with Gasteiger partial charge >= 0.3 is 0 Å². The monoisotopic (exact) mass is 215 g/mol. The van der Waals surface area contributed by atoms with Crippen molar-refractivity contribution < 1.29 is 9.90 Å². The molecule has 0 aromatic heterocycles. The highest BCUT2D eigenvalue weighted by atomic mass is 32.1. The van der Waals surface area contributed by atoms with E-state index in [9.17, 15) is 9.90 Å². The van der Waals surface area contributed by atoms with Gasteiger partial charge in [-0.1, -0.05) is 20.1 Å². The number of carbonyl (C=O) groups is 1. The van der Waals surface area contributed by atoms with Crippen LogP contribution in [0.15, 0.2) is 24.3 Å². The molecule has 0 aliphatic rings. The lowest BCUT2D eigenvalue weighted by Gasteiger charge is -2.31. The Labute approximate surface area is 90.5 Å². The average Bonchev–Trinajstić information content (AvgIpc) is 2.11. The molecular formula is C10H17NO2S. The van der Waals surface area contributed by atoms with Crippen molar-refractivity contribution in [2.24, 2.45) is 0 Å². The van der Waals surface area contributed by atoms with E-state index in [1.807, 2.05) is 6.92 Å². The first kappa shape index (κ1) is 13.3. The second-order valence-corrected chi connectivity index (χ2v) is 3.56. The Morgan fingerprint density at radius 2 is 2.21 bits per heavy atom. The largest absolute Gasteiger partial charge is 0.391 e. The molecule has 0 bridgehead atoms. The molecule has 2 atom stereocenters. The van der Waals surface area contributed by atoms with E-state index in [-0.39, 0.29) is 11.9 Å². The zero-order valence-electron chi connectivity index (χ0n) is 8.60. The topological polar surface area (TPSA) is 40.5 Å². The number of aliphatic hydroxyl groups is 1. The van der Waals surface area contributed by atoms with Gasteiger partial charge in [-0.05, 0) is 19.4 Å². The minimum atomic E-state index is -0.618. The van der Waals surface area contributed by atoms with E-state index in [0.29, 0.717) is 11.4 Å². The van der Waals surface area contributed by atoms with E-state index in [1.165, 1.54) is 11.0 Å². The number of hydrogen-bond donors (Lipinski definition) is 2. The molecule has 2 unspecified atom stereocenters. The predicted molar refractivity (Wildman–Crippen MR) is 60.9 cm³/mol. The second kappa shape index (κ2) is 5.88. The fraction of sp³-hybridized carbons (Fsp3) is 0.500. The van der Waals surface area contributed by atoms with Gasteiger partial charge in [0.25, 0.3) is 5.91 Å². The van der Waals surface area contributed by atoms with Crippen molar-refractivity contribution in [1.82, 2.24) is 4.90 Å². The summed E-state index contributed by atoms with van der Waals surface area (Å²) in [4.78, 5) is 12.8. The van der Waals surface area contributed by atoms with Crippen LogP contribution < -0.4 is 0 Å². The summed E-state index contributed by atoms with van der Waals surface area (Å²) >= 11 is 4.03. The van der Waals surface area contributed by atoms with Gasteiger partial charge in [-0.15, -0.1) is 12.6 Å². The van der Waals surface area contributed by atoms with Crippen LogP contribution in [-0.4, -0.2) is 28.1 Å². The van der Waals surface area contributed by atoms with Crippen molar-refractivity contribution in [3.8, 4) is 0 Å². The van der Waals surface area contributed by atoms with Crippen LogP contribution in [0.3, 0.4) is 0 Å². The summed E-state index contributed by atoms with van der Waals surface area (Å²) in [5.41, 5.74) is 0. The third-order valence-corrected chi connectivity index (χ3v) is 2.21. The van der Waals surface area contributed by atoms with E-state index >= 15 is 0 Å². The Hall–Kier alpha value is -0.740. The maximum atomic E-state index is 11.4. The molecule has 0 aliphatic carbocycles. The molecule has 3 nitrogen and oxygen atoms in total. The Morgan fingerprint density at radius 1 is 1.71 bits per heavy atom. The maximum absolute atomic E-state index is 11.4. The standard InChI is InChI=1S/C10H17NO2S/c1-5-9(7(3)12)11(8(4)14)10(13)6-2/h6-7,9,12,14H,2,4-5H2,1,3H3. The van der Waals surface area contributed by atoms with Gasteiger partial charge < -0.3 is 5.11 Å². The SMILES string of the molecule is C=CC(=O)N(C(=C)S)C(CC)C(C)O. The van der Waals surface area contributed by atoms with Crippen LogP contribution >= 0.6 is 12.6 Å². The van der Waals surface area contributed by atoms with Gasteiger partial charge in [0.15, 0.2) is 0 Å². The van der Waals surface area contributed by atoms with E-state index in [4.69, 9.17) is 0 Å². The molecule has 0 aliphatic heterocycles. The van der Waals surface area contributed by atoms with Crippen LogP contribution in [0.1, 0.15) is 20.3 Å². The van der Waals surface area contributed by atoms with Crippen LogP contribution in [-0.2, 0) is 4.79 Å². The second-order valence-electron chi connectivity index (χ2n) is 3.04. The van der Waals surface area contributed by atoms with Gasteiger partial charge in [-0.2, -0.15) is 0 Å². The first-order valence-electron chi connectivity index (χ1n) is 4.47. The molecule has 0 spiro atoms. The molecule has 0 saturated heterocycles. The van der Waals surface area contributed by atoms with Crippen LogP contribution in [0.4, 0.5) is 0 Å². The number of rotatable bonds is 5. The first-order chi connectivity index (χ1) is 6.45.